The topological polar surface area (TPSA) is 51.5 Å². The van der Waals surface area contributed by atoms with Gasteiger partial charge in [0.05, 0.1) is 5.52 Å². The molecule has 5 nitrogen and oxygen atoms in total. The fourth-order valence-electron chi connectivity index (χ4n) is 3.48. The molecule has 0 unspecified atom stereocenters. The second kappa shape index (κ2) is 7.04. The number of fused-ring (bicyclic) bond motifs is 1. The molecule has 0 spiro atoms. The maximum absolute atomic E-state index is 13.0. The lowest BCUT2D eigenvalue weighted by Gasteiger charge is -2.23. The molecule has 0 N–H and O–H groups in total. The van der Waals surface area contributed by atoms with Crippen molar-refractivity contribution in [3.05, 3.63) is 72.4 Å². The SMILES string of the molecule is O=C(OCc1ccccc1)N1CCC[C@H]1C(=O)n1ccc2ccccc21. The molecule has 2 heterocycles. The van der Waals surface area contributed by atoms with Crippen LogP contribution in [0.5, 0.6) is 0 Å². The van der Waals surface area contributed by atoms with Crippen LogP contribution in [0.25, 0.3) is 10.9 Å². The number of hydrogen-bond donors (Lipinski definition) is 0. The highest BCUT2D eigenvalue weighted by Gasteiger charge is 2.36. The molecular formula is C21H20N2O3. The molecule has 1 aliphatic rings. The number of nitrogens with zero attached hydrogens (tertiary/aromatic N) is 2. The molecule has 1 atom stereocenters. The van der Waals surface area contributed by atoms with Crippen LogP contribution in [0.2, 0.25) is 0 Å². The molecule has 1 aromatic heterocycles. The number of hydrogen-bond acceptors (Lipinski definition) is 3. The van der Waals surface area contributed by atoms with E-state index in [9.17, 15) is 9.59 Å². The van der Waals surface area contributed by atoms with Gasteiger partial charge in [0, 0.05) is 18.1 Å². The summed E-state index contributed by atoms with van der Waals surface area (Å²) in [5.74, 6) is -0.0830. The number of likely N-dealkylation sites (tertiary alicyclic amines) is 1. The number of carbonyl (C=O) groups excluding carboxylic acids is 2. The maximum atomic E-state index is 13.0. The fraction of sp³-hybridized carbons (Fsp3) is 0.238. The highest BCUT2D eigenvalue weighted by molar-refractivity contribution is 5.96. The Kier molecular flexibility index (Phi) is 4.44. The molecule has 0 aliphatic carbocycles. The van der Waals surface area contributed by atoms with E-state index in [-0.39, 0.29) is 12.5 Å². The average molecular weight is 348 g/mol. The predicted molar refractivity (Wildman–Crippen MR) is 98.9 cm³/mol. The first kappa shape index (κ1) is 16.4. The summed E-state index contributed by atoms with van der Waals surface area (Å²) in [5.41, 5.74) is 1.79. The van der Waals surface area contributed by atoms with Gasteiger partial charge in [-0.1, -0.05) is 48.5 Å². The Hall–Kier alpha value is -3.08. The van der Waals surface area contributed by atoms with Gasteiger partial charge >= 0.3 is 6.09 Å². The van der Waals surface area contributed by atoms with Gasteiger partial charge in [0.25, 0.3) is 5.91 Å². The van der Waals surface area contributed by atoms with Crippen molar-refractivity contribution < 1.29 is 14.3 Å². The van der Waals surface area contributed by atoms with Gasteiger partial charge in [0.2, 0.25) is 0 Å². The number of amides is 1. The van der Waals surface area contributed by atoms with E-state index in [0.717, 1.165) is 22.9 Å². The smallest absolute Gasteiger partial charge is 0.410 e. The molecule has 5 heteroatoms. The summed E-state index contributed by atoms with van der Waals surface area (Å²) in [5, 5.41) is 1.01. The van der Waals surface area contributed by atoms with Crippen LogP contribution in [0, 0.1) is 0 Å². The largest absolute Gasteiger partial charge is 0.445 e. The lowest BCUT2D eigenvalue weighted by atomic mass is 10.2. The molecule has 3 aromatic rings. The van der Waals surface area contributed by atoms with Gasteiger partial charge in [-0.2, -0.15) is 0 Å². The number of ether oxygens (including phenoxy) is 1. The van der Waals surface area contributed by atoms with Crippen LogP contribution < -0.4 is 0 Å². The quantitative estimate of drug-likeness (QED) is 0.716. The van der Waals surface area contributed by atoms with Gasteiger partial charge in [-0.15, -0.1) is 0 Å². The Morgan fingerprint density at radius 2 is 1.77 bits per heavy atom. The van der Waals surface area contributed by atoms with Crippen LogP contribution in [0.4, 0.5) is 4.79 Å². The Morgan fingerprint density at radius 3 is 2.62 bits per heavy atom. The second-order valence-electron chi connectivity index (χ2n) is 6.47. The molecule has 2 aromatic carbocycles. The minimum atomic E-state index is -0.478. The first-order valence-electron chi connectivity index (χ1n) is 8.82. The van der Waals surface area contributed by atoms with Gasteiger partial charge in [0.1, 0.15) is 12.6 Å². The number of aromatic nitrogens is 1. The molecule has 1 saturated heterocycles. The van der Waals surface area contributed by atoms with E-state index in [1.807, 2.05) is 60.7 Å². The summed E-state index contributed by atoms with van der Waals surface area (Å²) in [4.78, 5) is 27.1. The minimum Gasteiger partial charge on any atom is -0.445 e. The molecule has 1 amide bonds. The van der Waals surface area contributed by atoms with E-state index in [4.69, 9.17) is 4.74 Å². The average Bonchev–Trinajstić information content (AvgIpc) is 3.33. The predicted octanol–water partition coefficient (Wildman–Crippen LogP) is 4.08. The third kappa shape index (κ3) is 3.08. The summed E-state index contributed by atoms with van der Waals surface area (Å²) < 4.78 is 7.06. The van der Waals surface area contributed by atoms with Crippen LogP contribution in [0.15, 0.2) is 66.9 Å². The Morgan fingerprint density at radius 1 is 1.00 bits per heavy atom. The van der Waals surface area contributed by atoms with E-state index in [1.165, 1.54) is 0 Å². The summed E-state index contributed by atoms with van der Waals surface area (Å²) in [6.45, 7) is 0.757. The number of carbonyl (C=O) groups is 2. The summed E-state index contributed by atoms with van der Waals surface area (Å²) in [7, 11) is 0. The van der Waals surface area contributed by atoms with Crippen molar-refractivity contribution in [1.82, 2.24) is 9.47 Å². The van der Waals surface area contributed by atoms with Crippen LogP contribution in [-0.4, -0.2) is 34.1 Å². The van der Waals surface area contributed by atoms with Crippen molar-refractivity contribution in [2.45, 2.75) is 25.5 Å². The molecule has 0 saturated carbocycles. The fourth-order valence-corrected chi connectivity index (χ4v) is 3.48. The number of para-hydroxylation sites is 1. The van der Waals surface area contributed by atoms with Crippen molar-refractivity contribution in [2.75, 3.05) is 6.54 Å². The maximum Gasteiger partial charge on any atom is 0.410 e. The molecule has 26 heavy (non-hydrogen) atoms. The van der Waals surface area contributed by atoms with Crippen LogP contribution in [0.3, 0.4) is 0 Å². The van der Waals surface area contributed by atoms with E-state index < -0.39 is 12.1 Å². The van der Waals surface area contributed by atoms with Gasteiger partial charge < -0.3 is 4.74 Å². The molecule has 1 fully saturated rings. The number of benzene rings is 2. The Labute approximate surface area is 151 Å². The normalized spacial score (nSPS) is 16.8. The standard InChI is InChI=1S/C21H20N2O3/c24-20(22-14-12-17-9-4-5-10-18(17)22)19-11-6-13-23(19)21(25)26-15-16-7-2-1-3-8-16/h1-5,7-10,12,14,19H,6,11,13,15H2/t19-/m0/s1. The Bertz CT molecular complexity index is 933. The van der Waals surface area contributed by atoms with Crippen LogP contribution in [0.1, 0.15) is 23.2 Å². The van der Waals surface area contributed by atoms with Crippen LogP contribution >= 0.6 is 0 Å². The zero-order valence-electron chi connectivity index (χ0n) is 14.4. The first-order valence-corrected chi connectivity index (χ1v) is 8.82. The lowest BCUT2D eigenvalue weighted by molar-refractivity contribution is 0.0679. The van der Waals surface area contributed by atoms with Gasteiger partial charge in [0.15, 0.2) is 0 Å². The molecule has 0 bridgehead atoms. The monoisotopic (exact) mass is 348 g/mol. The number of rotatable bonds is 3. The van der Waals surface area contributed by atoms with Crippen molar-refractivity contribution in [2.24, 2.45) is 0 Å². The van der Waals surface area contributed by atoms with E-state index in [2.05, 4.69) is 0 Å². The van der Waals surface area contributed by atoms with Crippen molar-refractivity contribution >= 4 is 22.9 Å². The summed E-state index contributed by atoms with van der Waals surface area (Å²) in [6.07, 6.45) is 2.81. The first-order chi connectivity index (χ1) is 12.7. The lowest BCUT2D eigenvalue weighted by Crippen LogP contribution is -2.42. The Balaban J connectivity index is 1.49. The third-order valence-electron chi connectivity index (χ3n) is 4.81. The highest BCUT2D eigenvalue weighted by atomic mass is 16.6. The van der Waals surface area contributed by atoms with Gasteiger partial charge in [-0.05, 0) is 30.5 Å². The highest BCUT2D eigenvalue weighted by Crippen LogP contribution is 2.23. The summed E-state index contributed by atoms with van der Waals surface area (Å²) >= 11 is 0. The second-order valence-corrected chi connectivity index (χ2v) is 6.47. The third-order valence-corrected chi connectivity index (χ3v) is 4.81. The zero-order valence-corrected chi connectivity index (χ0v) is 14.4. The molecular weight excluding hydrogens is 328 g/mol. The van der Waals surface area contributed by atoms with Gasteiger partial charge in [-0.25, -0.2) is 4.79 Å². The van der Waals surface area contributed by atoms with E-state index >= 15 is 0 Å². The van der Waals surface area contributed by atoms with E-state index in [0.29, 0.717) is 13.0 Å². The molecule has 4 rings (SSSR count). The van der Waals surface area contributed by atoms with Crippen molar-refractivity contribution in [3.63, 3.8) is 0 Å². The summed E-state index contributed by atoms with van der Waals surface area (Å²) in [6, 6.07) is 18.7. The zero-order chi connectivity index (χ0) is 17.9. The van der Waals surface area contributed by atoms with Crippen molar-refractivity contribution in [1.29, 1.82) is 0 Å². The van der Waals surface area contributed by atoms with Crippen molar-refractivity contribution in [3.8, 4) is 0 Å². The van der Waals surface area contributed by atoms with Gasteiger partial charge in [-0.3, -0.25) is 14.3 Å². The molecule has 132 valence electrons. The van der Waals surface area contributed by atoms with Crippen LogP contribution in [-0.2, 0) is 11.3 Å². The molecule has 0 radical (unpaired) electrons. The minimum absolute atomic E-state index is 0.0830. The van der Waals surface area contributed by atoms with E-state index in [1.54, 1.807) is 15.7 Å². The molecule has 1 aliphatic heterocycles.